The third-order valence-electron chi connectivity index (χ3n) is 3.38. The van der Waals surface area contributed by atoms with Crippen molar-refractivity contribution in [3.63, 3.8) is 0 Å². The molecule has 0 aliphatic heterocycles. The Labute approximate surface area is 100 Å². The number of hydrogen-bond acceptors (Lipinski definition) is 2. The van der Waals surface area contributed by atoms with Crippen LogP contribution in [0, 0.1) is 16.7 Å². The van der Waals surface area contributed by atoms with Crippen molar-refractivity contribution < 1.29 is 0 Å². The van der Waals surface area contributed by atoms with E-state index >= 15 is 0 Å². The Hall–Kier alpha value is 0.330. The first-order valence-corrected chi connectivity index (χ1v) is 6.68. The molecule has 0 N–H and O–H groups in total. The molecule has 0 radical (unpaired) electrons. The SMILES string of the molecule is CCC(C)CC1CC1(I)CCCN=O. The van der Waals surface area contributed by atoms with E-state index in [1.807, 2.05) is 0 Å². The van der Waals surface area contributed by atoms with E-state index in [0.29, 0.717) is 9.97 Å². The molecule has 0 heterocycles. The van der Waals surface area contributed by atoms with Gasteiger partial charge < -0.3 is 0 Å². The first-order valence-electron chi connectivity index (χ1n) is 5.60. The van der Waals surface area contributed by atoms with E-state index in [2.05, 4.69) is 41.6 Å². The molecule has 3 unspecified atom stereocenters. The molecule has 0 amide bonds. The molecule has 1 aliphatic rings. The zero-order valence-electron chi connectivity index (χ0n) is 9.13. The summed E-state index contributed by atoms with van der Waals surface area (Å²) in [4.78, 5) is 9.96. The molecule has 1 fully saturated rings. The smallest absolute Gasteiger partial charge is 0.0811 e. The highest BCUT2D eigenvalue weighted by atomic mass is 127. The number of nitroso groups, excluding NO2 is 1. The van der Waals surface area contributed by atoms with Crippen molar-refractivity contribution in [2.24, 2.45) is 17.0 Å². The normalized spacial score (nSPS) is 32.6. The lowest BCUT2D eigenvalue weighted by Gasteiger charge is -2.11. The van der Waals surface area contributed by atoms with Gasteiger partial charge in [-0.05, 0) is 37.5 Å². The molecule has 1 saturated carbocycles. The highest BCUT2D eigenvalue weighted by Crippen LogP contribution is 2.57. The van der Waals surface area contributed by atoms with Crippen molar-refractivity contribution in [1.82, 2.24) is 0 Å². The van der Waals surface area contributed by atoms with Crippen LogP contribution in [0.5, 0.6) is 0 Å². The van der Waals surface area contributed by atoms with Gasteiger partial charge in [0.1, 0.15) is 0 Å². The zero-order valence-corrected chi connectivity index (χ0v) is 11.3. The summed E-state index contributed by atoms with van der Waals surface area (Å²) in [6.45, 7) is 5.10. The van der Waals surface area contributed by atoms with Gasteiger partial charge in [-0.2, -0.15) is 4.91 Å². The van der Waals surface area contributed by atoms with Crippen LogP contribution in [0.4, 0.5) is 0 Å². The maximum absolute atomic E-state index is 9.96. The molecule has 0 aromatic carbocycles. The number of alkyl halides is 1. The molecule has 82 valence electrons. The lowest BCUT2D eigenvalue weighted by Crippen LogP contribution is -2.05. The molecule has 1 rings (SSSR count). The van der Waals surface area contributed by atoms with E-state index in [4.69, 9.17) is 0 Å². The van der Waals surface area contributed by atoms with Crippen LogP contribution in [-0.2, 0) is 0 Å². The Kier molecular flexibility index (Phi) is 4.80. The Morgan fingerprint density at radius 1 is 1.64 bits per heavy atom. The van der Waals surface area contributed by atoms with Gasteiger partial charge in [-0.25, -0.2) is 0 Å². The predicted molar refractivity (Wildman–Crippen MR) is 68.8 cm³/mol. The largest absolute Gasteiger partial charge is 0.151 e. The van der Waals surface area contributed by atoms with Crippen molar-refractivity contribution in [2.45, 2.75) is 49.4 Å². The number of halogens is 1. The maximum atomic E-state index is 9.96. The Morgan fingerprint density at radius 2 is 2.36 bits per heavy atom. The number of rotatable bonds is 7. The van der Waals surface area contributed by atoms with E-state index in [9.17, 15) is 4.91 Å². The minimum absolute atomic E-state index is 0.501. The molecule has 1 aliphatic carbocycles. The second kappa shape index (κ2) is 5.42. The Morgan fingerprint density at radius 3 is 2.93 bits per heavy atom. The third kappa shape index (κ3) is 3.48. The Bertz CT molecular complexity index is 198. The van der Waals surface area contributed by atoms with Gasteiger partial charge in [0.05, 0.1) is 6.54 Å². The average molecular weight is 309 g/mol. The maximum Gasteiger partial charge on any atom is 0.0811 e. The summed E-state index contributed by atoms with van der Waals surface area (Å²) in [6.07, 6.45) is 6.17. The van der Waals surface area contributed by atoms with E-state index in [1.165, 1.54) is 25.7 Å². The standard InChI is InChI=1S/C11H20INO/c1-3-9(2)7-10-8-11(10,12)5-4-6-13-14/h9-10H,3-8H2,1-2H3. The van der Waals surface area contributed by atoms with Gasteiger partial charge in [-0.3, -0.25) is 0 Å². The van der Waals surface area contributed by atoms with E-state index in [0.717, 1.165) is 18.3 Å². The lowest BCUT2D eigenvalue weighted by molar-refractivity contribution is 0.467. The van der Waals surface area contributed by atoms with Crippen molar-refractivity contribution >= 4 is 22.6 Å². The van der Waals surface area contributed by atoms with Crippen LogP contribution < -0.4 is 0 Å². The molecule has 14 heavy (non-hydrogen) atoms. The molecule has 0 aromatic heterocycles. The van der Waals surface area contributed by atoms with Gasteiger partial charge in [0.25, 0.3) is 0 Å². The van der Waals surface area contributed by atoms with Crippen molar-refractivity contribution in [3.05, 3.63) is 4.91 Å². The third-order valence-corrected chi connectivity index (χ3v) is 5.24. The zero-order chi connectivity index (χ0) is 10.6. The summed E-state index contributed by atoms with van der Waals surface area (Å²) in [7, 11) is 0. The predicted octanol–water partition coefficient (Wildman–Crippen LogP) is 4.16. The van der Waals surface area contributed by atoms with Crippen LogP contribution in [0.2, 0.25) is 0 Å². The van der Waals surface area contributed by atoms with Crippen LogP contribution in [0.1, 0.15) is 46.0 Å². The van der Waals surface area contributed by atoms with Crippen LogP contribution in [0.25, 0.3) is 0 Å². The molecule has 3 heteroatoms. The summed E-state index contributed by atoms with van der Waals surface area (Å²) in [5.41, 5.74) is 0. The molecule has 0 aromatic rings. The summed E-state index contributed by atoms with van der Waals surface area (Å²) >= 11 is 2.60. The van der Waals surface area contributed by atoms with Crippen molar-refractivity contribution in [1.29, 1.82) is 0 Å². The Balaban J connectivity index is 2.17. The molecular weight excluding hydrogens is 289 g/mol. The fourth-order valence-electron chi connectivity index (χ4n) is 2.04. The first kappa shape index (κ1) is 12.4. The second-order valence-electron chi connectivity index (χ2n) is 4.64. The number of nitrogens with zero attached hydrogens (tertiary/aromatic N) is 1. The summed E-state index contributed by atoms with van der Waals surface area (Å²) in [5, 5.41) is 2.92. The van der Waals surface area contributed by atoms with Gasteiger partial charge in [0, 0.05) is 3.42 Å². The molecular formula is C11H20INO. The van der Waals surface area contributed by atoms with Gasteiger partial charge >= 0.3 is 0 Å². The van der Waals surface area contributed by atoms with E-state index in [-0.39, 0.29) is 0 Å². The van der Waals surface area contributed by atoms with Crippen molar-refractivity contribution in [3.8, 4) is 0 Å². The van der Waals surface area contributed by atoms with Gasteiger partial charge in [0.15, 0.2) is 0 Å². The fraction of sp³-hybridized carbons (Fsp3) is 1.00. The topological polar surface area (TPSA) is 29.4 Å². The van der Waals surface area contributed by atoms with E-state index < -0.39 is 0 Å². The highest BCUT2D eigenvalue weighted by Gasteiger charge is 2.50. The van der Waals surface area contributed by atoms with Gasteiger partial charge in [0.2, 0.25) is 0 Å². The molecule has 0 spiro atoms. The van der Waals surface area contributed by atoms with Crippen LogP contribution in [0.15, 0.2) is 5.18 Å². The van der Waals surface area contributed by atoms with Gasteiger partial charge in [-0.1, -0.05) is 48.0 Å². The summed E-state index contributed by atoms with van der Waals surface area (Å²) < 4.78 is 0.520. The van der Waals surface area contributed by atoms with Gasteiger partial charge in [-0.15, -0.1) is 0 Å². The average Bonchev–Trinajstić information content (AvgIpc) is 2.77. The summed E-state index contributed by atoms with van der Waals surface area (Å²) in [6, 6.07) is 0. The first-order chi connectivity index (χ1) is 6.62. The molecule has 3 atom stereocenters. The monoisotopic (exact) mass is 309 g/mol. The second-order valence-corrected chi connectivity index (χ2v) is 6.79. The molecule has 0 bridgehead atoms. The quantitative estimate of drug-likeness (QED) is 0.300. The van der Waals surface area contributed by atoms with Crippen LogP contribution in [-0.4, -0.2) is 9.97 Å². The molecule has 2 nitrogen and oxygen atoms in total. The summed E-state index contributed by atoms with van der Waals surface area (Å²) in [5.74, 6) is 1.77. The molecule has 0 saturated heterocycles. The fourth-order valence-corrected chi connectivity index (χ4v) is 3.21. The lowest BCUT2D eigenvalue weighted by atomic mass is 10.00. The van der Waals surface area contributed by atoms with Crippen LogP contribution >= 0.6 is 22.6 Å². The highest BCUT2D eigenvalue weighted by molar-refractivity contribution is 14.1. The number of hydrogen-bond donors (Lipinski definition) is 0. The van der Waals surface area contributed by atoms with Crippen LogP contribution in [0.3, 0.4) is 0 Å². The minimum Gasteiger partial charge on any atom is -0.151 e. The van der Waals surface area contributed by atoms with E-state index in [1.54, 1.807) is 0 Å². The van der Waals surface area contributed by atoms with Crippen molar-refractivity contribution in [2.75, 3.05) is 6.54 Å². The minimum atomic E-state index is 0.501.